The van der Waals surface area contributed by atoms with Crippen LogP contribution in [-0.2, 0) is 10.0 Å². The van der Waals surface area contributed by atoms with E-state index in [2.05, 4.69) is 5.32 Å². The van der Waals surface area contributed by atoms with Crippen LogP contribution in [0.3, 0.4) is 0 Å². The lowest BCUT2D eigenvalue weighted by Gasteiger charge is -2.32. The van der Waals surface area contributed by atoms with Crippen LogP contribution in [0.1, 0.15) is 29.2 Å². The number of rotatable bonds is 5. The van der Waals surface area contributed by atoms with Gasteiger partial charge in [-0.25, -0.2) is 12.7 Å². The van der Waals surface area contributed by atoms with Crippen LogP contribution in [0.25, 0.3) is 0 Å². The molecule has 1 aromatic rings. The van der Waals surface area contributed by atoms with E-state index in [1.54, 1.807) is 11.8 Å². The average Bonchev–Trinajstić information content (AvgIpc) is 2.89. The summed E-state index contributed by atoms with van der Waals surface area (Å²) in [4.78, 5) is 14.4. The van der Waals surface area contributed by atoms with E-state index in [1.807, 2.05) is 7.05 Å². The van der Waals surface area contributed by atoms with Crippen molar-refractivity contribution in [1.29, 1.82) is 0 Å². The van der Waals surface area contributed by atoms with Crippen LogP contribution in [-0.4, -0.2) is 64.3 Å². The number of furan rings is 1. The molecule has 0 saturated carbocycles. The van der Waals surface area contributed by atoms with Gasteiger partial charge in [0.15, 0.2) is 5.76 Å². The molecular formula is C15H25N3O4S. The fourth-order valence-electron chi connectivity index (χ4n) is 2.88. The first-order valence-electron chi connectivity index (χ1n) is 7.74. The van der Waals surface area contributed by atoms with Gasteiger partial charge in [-0.1, -0.05) is 0 Å². The van der Waals surface area contributed by atoms with Crippen LogP contribution in [0.5, 0.6) is 0 Å². The largest absolute Gasteiger partial charge is 0.455 e. The first kappa shape index (κ1) is 18.0. The van der Waals surface area contributed by atoms with Gasteiger partial charge in [-0.05, 0) is 39.3 Å². The van der Waals surface area contributed by atoms with Crippen molar-refractivity contribution in [3.05, 3.63) is 17.6 Å². The molecule has 130 valence electrons. The van der Waals surface area contributed by atoms with Crippen molar-refractivity contribution in [1.82, 2.24) is 14.5 Å². The molecule has 1 aliphatic rings. The number of hydrogen-bond acceptors (Lipinski definition) is 5. The van der Waals surface area contributed by atoms with Gasteiger partial charge in [-0.15, -0.1) is 0 Å². The van der Waals surface area contributed by atoms with Gasteiger partial charge >= 0.3 is 0 Å². The normalized spacial score (nSPS) is 19.3. The Hall–Kier alpha value is -1.38. The minimum Gasteiger partial charge on any atom is -0.455 e. The highest BCUT2D eigenvalue weighted by Crippen LogP contribution is 2.25. The van der Waals surface area contributed by atoms with Crippen LogP contribution in [0.4, 0.5) is 0 Å². The number of sulfonamides is 1. The zero-order valence-electron chi connectivity index (χ0n) is 14.1. The third-order valence-corrected chi connectivity index (χ3v) is 6.06. The average molecular weight is 343 g/mol. The van der Waals surface area contributed by atoms with E-state index in [9.17, 15) is 13.2 Å². The number of hydrogen-bond donors (Lipinski definition) is 1. The molecule has 8 heteroatoms. The van der Waals surface area contributed by atoms with Gasteiger partial charge in [0.05, 0.1) is 0 Å². The van der Waals surface area contributed by atoms with E-state index in [0.717, 1.165) is 23.7 Å². The molecule has 0 bridgehead atoms. The van der Waals surface area contributed by atoms with Gasteiger partial charge < -0.3 is 14.6 Å². The summed E-state index contributed by atoms with van der Waals surface area (Å²) in [6.45, 7) is 3.76. The van der Waals surface area contributed by atoms with Crippen molar-refractivity contribution in [3.63, 3.8) is 0 Å². The second kappa shape index (κ2) is 7.02. The summed E-state index contributed by atoms with van der Waals surface area (Å²) in [7, 11) is 1.20. The maximum atomic E-state index is 12.6. The van der Waals surface area contributed by atoms with E-state index in [-0.39, 0.29) is 22.3 Å². The number of amides is 1. The minimum atomic E-state index is -3.61. The predicted octanol–water partition coefficient (Wildman–Crippen LogP) is 0.910. The summed E-state index contributed by atoms with van der Waals surface area (Å²) < 4.78 is 31.0. The Morgan fingerprint density at radius 3 is 2.78 bits per heavy atom. The molecule has 1 aromatic heterocycles. The smallest absolute Gasteiger partial charge is 0.289 e. The van der Waals surface area contributed by atoms with Crippen molar-refractivity contribution < 1.29 is 17.6 Å². The lowest BCUT2D eigenvalue weighted by atomic mass is 9.98. The van der Waals surface area contributed by atoms with Gasteiger partial charge in [0.2, 0.25) is 10.0 Å². The molecular weight excluding hydrogens is 318 g/mol. The highest BCUT2D eigenvalue weighted by atomic mass is 32.2. The van der Waals surface area contributed by atoms with E-state index in [4.69, 9.17) is 4.42 Å². The second-order valence-corrected chi connectivity index (χ2v) is 8.26. The first-order chi connectivity index (χ1) is 10.8. The number of likely N-dealkylation sites (tertiary alicyclic amines) is 1. The molecule has 1 unspecified atom stereocenters. The van der Waals surface area contributed by atoms with Crippen LogP contribution in [0, 0.1) is 12.8 Å². The highest BCUT2D eigenvalue weighted by molar-refractivity contribution is 7.89. The Morgan fingerprint density at radius 2 is 2.17 bits per heavy atom. The molecule has 0 aromatic carbocycles. The maximum absolute atomic E-state index is 12.6. The SMILES string of the molecule is CNCC1CCCN(C(=O)c2cc(S(=O)(=O)N(C)C)c(C)o2)C1. The van der Waals surface area contributed by atoms with E-state index in [1.165, 1.54) is 20.2 Å². The molecule has 1 atom stereocenters. The second-order valence-electron chi connectivity index (χ2n) is 6.14. The fraction of sp³-hybridized carbons (Fsp3) is 0.667. The van der Waals surface area contributed by atoms with Gasteiger partial charge in [0.1, 0.15) is 10.7 Å². The van der Waals surface area contributed by atoms with Crippen molar-refractivity contribution in [2.75, 3.05) is 40.8 Å². The molecule has 1 amide bonds. The standard InChI is InChI=1S/C15H25N3O4S/c1-11-14(23(20,21)17(3)4)8-13(22-11)15(19)18-7-5-6-12(10-18)9-16-2/h8,12,16H,5-7,9-10H2,1-4H3. The zero-order chi connectivity index (χ0) is 17.2. The molecule has 0 spiro atoms. The third kappa shape index (κ3) is 3.76. The van der Waals surface area contributed by atoms with Crippen LogP contribution >= 0.6 is 0 Å². The molecule has 1 saturated heterocycles. The Labute approximate surface area is 137 Å². The summed E-state index contributed by atoms with van der Waals surface area (Å²) in [6, 6.07) is 1.34. The number of aryl methyl sites for hydroxylation is 1. The molecule has 1 N–H and O–H groups in total. The summed E-state index contributed by atoms with van der Waals surface area (Å²) in [5.41, 5.74) is 0. The topological polar surface area (TPSA) is 82.9 Å². The molecule has 1 aliphatic heterocycles. The van der Waals surface area contributed by atoms with Crippen molar-refractivity contribution >= 4 is 15.9 Å². The summed E-state index contributed by atoms with van der Waals surface area (Å²) >= 11 is 0. The summed E-state index contributed by atoms with van der Waals surface area (Å²) in [5.74, 6) is 0.506. The Kier molecular flexibility index (Phi) is 5.49. The Bertz CT molecular complexity index is 664. The monoisotopic (exact) mass is 343 g/mol. The molecule has 23 heavy (non-hydrogen) atoms. The number of carbonyl (C=O) groups is 1. The van der Waals surface area contributed by atoms with Crippen LogP contribution in [0.15, 0.2) is 15.4 Å². The quantitative estimate of drug-likeness (QED) is 0.859. The number of nitrogens with one attached hydrogen (secondary N) is 1. The van der Waals surface area contributed by atoms with Gasteiger partial charge in [-0.2, -0.15) is 0 Å². The maximum Gasteiger partial charge on any atom is 0.289 e. The zero-order valence-corrected chi connectivity index (χ0v) is 14.9. The van der Waals surface area contributed by atoms with E-state index < -0.39 is 10.0 Å². The molecule has 2 rings (SSSR count). The predicted molar refractivity (Wildman–Crippen MR) is 86.9 cm³/mol. The molecule has 0 aliphatic carbocycles. The molecule has 0 radical (unpaired) electrons. The summed E-state index contributed by atoms with van der Waals surface area (Å²) in [6.07, 6.45) is 2.03. The molecule has 2 heterocycles. The van der Waals surface area contributed by atoms with Gasteiger partial charge in [-0.3, -0.25) is 4.79 Å². The third-order valence-electron chi connectivity index (χ3n) is 4.14. The Balaban J connectivity index is 2.21. The Morgan fingerprint density at radius 1 is 1.48 bits per heavy atom. The summed E-state index contributed by atoms with van der Waals surface area (Å²) in [5, 5.41) is 3.14. The van der Waals surface area contributed by atoms with Gasteiger partial charge in [0.25, 0.3) is 5.91 Å². The van der Waals surface area contributed by atoms with E-state index >= 15 is 0 Å². The number of piperidine rings is 1. The van der Waals surface area contributed by atoms with Crippen molar-refractivity contribution in [2.45, 2.75) is 24.7 Å². The van der Waals surface area contributed by atoms with Crippen molar-refractivity contribution in [3.8, 4) is 0 Å². The highest BCUT2D eigenvalue weighted by Gasteiger charge is 2.30. The first-order valence-corrected chi connectivity index (χ1v) is 9.18. The molecule has 7 nitrogen and oxygen atoms in total. The fourth-order valence-corrected chi connectivity index (χ4v) is 3.94. The lowest BCUT2D eigenvalue weighted by molar-refractivity contribution is 0.0641. The molecule has 1 fully saturated rings. The van der Waals surface area contributed by atoms with E-state index in [0.29, 0.717) is 19.0 Å². The lowest BCUT2D eigenvalue weighted by Crippen LogP contribution is -2.42. The number of nitrogens with zero attached hydrogens (tertiary/aromatic N) is 2. The van der Waals surface area contributed by atoms with Gasteiger partial charge in [0, 0.05) is 33.3 Å². The van der Waals surface area contributed by atoms with Crippen LogP contribution in [0.2, 0.25) is 0 Å². The minimum absolute atomic E-state index is 0.0506. The number of carbonyl (C=O) groups excluding carboxylic acids is 1. The van der Waals surface area contributed by atoms with Crippen molar-refractivity contribution in [2.24, 2.45) is 5.92 Å². The van der Waals surface area contributed by atoms with Crippen LogP contribution < -0.4 is 5.32 Å².